The average molecular weight is 235 g/mol. The summed E-state index contributed by atoms with van der Waals surface area (Å²) >= 11 is 0. The molecular formula is C14H21NO2. The lowest BCUT2D eigenvalue weighted by Gasteiger charge is -2.14. The van der Waals surface area contributed by atoms with Gasteiger partial charge in [0.1, 0.15) is 11.5 Å². The largest absolute Gasteiger partial charge is 0.497 e. The van der Waals surface area contributed by atoms with Gasteiger partial charge in [0, 0.05) is 6.04 Å². The van der Waals surface area contributed by atoms with E-state index in [1.165, 1.54) is 12.8 Å². The molecule has 0 amide bonds. The third-order valence-electron chi connectivity index (χ3n) is 2.98. The maximum atomic E-state index is 5.86. The second-order valence-corrected chi connectivity index (χ2v) is 4.91. The topological polar surface area (TPSA) is 44.5 Å². The third kappa shape index (κ3) is 3.63. The van der Waals surface area contributed by atoms with Gasteiger partial charge in [0.15, 0.2) is 0 Å². The molecule has 0 radical (unpaired) electrons. The van der Waals surface area contributed by atoms with Crippen LogP contribution in [0.2, 0.25) is 0 Å². The van der Waals surface area contributed by atoms with Crippen LogP contribution in [0, 0.1) is 5.92 Å². The molecule has 1 aliphatic carbocycles. The van der Waals surface area contributed by atoms with Crippen LogP contribution in [0.15, 0.2) is 18.2 Å². The molecule has 3 nitrogen and oxygen atoms in total. The molecule has 0 bridgehead atoms. The molecule has 2 N–H and O–H groups in total. The first-order valence-electron chi connectivity index (χ1n) is 6.24. The normalized spacial score (nSPS) is 16.6. The zero-order valence-electron chi connectivity index (χ0n) is 10.6. The van der Waals surface area contributed by atoms with Crippen LogP contribution >= 0.6 is 0 Å². The molecule has 1 fully saturated rings. The van der Waals surface area contributed by atoms with Gasteiger partial charge >= 0.3 is 0 Å². The van der Waals surface area contributed by atoms with Gasteiger partial charge in [0.05, 0.1) is 13.7 Å². The Labute approximate surface area is 103 Å². The second-order valence-electron chi connectivity index (χ2n) is 4.91. The Balaban J connectivity index is 2.09. The molecule has 0 spiro atoms. The molecule has 0 aliphatic heterocycles. The summed E-state index contributed by atoms with van der Waals surface area (Å²) in [5.41, 5.74) is 7.00. The lowest BCUT2D eigenvalue weighted by atomic mass is 10.1. The van der Waals surface area contributed by atoms with Crippen molar-refractivity contribution in [3.8, 4) is 11.5 Å². The Kier molecular flexibility index (Phi) is 3.89. The molecule has 0 heterocycles. The van der Waals surface area contributed by atoms with Gasteiger partial charge < -0.3 is 15.2 Å². The highest BCUT2D eigenvalue weighted by molar-refractivity contribution is 5.40. The van der Waals surface area contributed by atoms with Crippen molar-refractivity contribution >= 4 is 0 Å². The van der Waals surface area contributed by atoms with Gasteiger partial charge in [-0.25, -0.2) is 0 Å². The molecule has 2 rings (SSSR count). The van der Waals surface area contributed by atoms with Gasteiger partial charge in [-0.05, 0) is 55.9 Å². The van der Waals surface area contributed by atoms with Crippen molar-refractivity contribution in [2.75, 3.05) is 13.7 Å². The van der Waals surface area contributed by atoms with E-state index in [-0.39, 0.29) is 6.04 Å². The van der Waals surface area contributed by atoms with Crippen molar-refractivity contribution < 1.29 is 9.47 Å². The van der Waals surface area contributed by atoms with Crippen LogP contribution in [0.4, 0.5) is 0 Å². The molecule has 1 atom stereocenters. The lowest BCUT2D eigenvalue weighted by Crippen LogP contribution is -2.18. The minimum atomic E-state index is 0.130. The third-order valence-corrected chi connectivity index (χ3v) is 2.98. The number of hydrogen-bond acceptors (Lipinski definition) is 3. The molecule has 0 aromatic heterocycles. The number of benzene rings is 1. The van der Waals surface area contributed by atoms with Crippen molar-refractivity contribution in [2.24, 2.45) is 11.7 Å². The van der Waals surface area contributed by atoms with Crippen molar-refractivity contribution in [3.05, 3.63) is 23.8 Å². The van der Waals surface area contributed by atoms with Crippen LogP contribution in [-0.4, -0.2) is 19.8 Å². The SMILES string of the molecule is COc1ccc(OCC2CC2)c(CC(C)N)c1. The molecule has 1 aliphatic rings. The van der Waals surface area contributed by atoms with E-state index in [9.17, 15) is 0 Å². The van der Waals surface area contributed by atoms with E-state index < -0.39 is 0 Å². The Morgan fingerprint density at radius 2 is 2.18 bits per heavy atom. The van der Waals surface area contributed by atoms with E-state index in [2.05, 4.69) is 0 Å². The molecule has 1 unspecified atom stereocenters. The van der Waals surface area contributed by atoms with Gasteiger partial charge in [-0.1, -0.05) is 0 Å². The summed E-state index contributed by atoms with van der Waals surface area (Å²) in [5.74, 6) is 2.58. The van der Waals surface area contributed by atoms with E-state index >= 15 is 0 Å². The highest BCUT2D eigenvalue weighted by Gasteiger charge is 2.22. The predicted molar refractivity (Wildman–Crippen MR) is 68.6 cm³/mol. The van der Waals surface area contributed by atoms with Crippen molar-refractivity contribution in [1.29, 1.82) is 0 Å². The molecular weight excluding hydrogens is 214 g/mol. The highest BCUT2D eigenvalue weighted by Crippen LogP contribution is 2.31. The predicted octanol–water partition coefficient (Wildman–Crippen LogP) is 2.37. The first kappa shape index (κ1) is 12.2. The van der Waals surface area contributed by atoms with E-state index in [0.29, 0.717) is 0 Å². The Hall–Kier alpha value is -1.22. The fourth-order valence-electron chi connectivity index (χ4n) is 1.82. The number of methoxy groups -OCH3 is 1. The summed E-state index contributed by atoms with van der Waals surface area (Å²) in [6, 6.07) is 6.07. The summed E-state index contributed by atoms with van der Waals surface area (Å²) in [6.45, 7) is 2.84. The second kappa shape index (κ2) is 5.41. The van der Waals surface area contributed by atoms with Crippen molar-refractivity contribution in [1.82, 2.24) is 0 Å². The molecule has 17 heavy (non-hydrogen) atoms. The lowest BCUT2D eigenvalue weighted by molar-refractivity contribution is 0.295. The van der Waals surface area contributed by atoms with Gasteiger partial charge in [0.2, 0.25) is 0 Å². The molecule has 1 aromatic rings. The number of ether oxygens (including phenoxy) is 2. The molecule has 3 heteroatoms. The maximum Gasteiger partial charge on any atom is 0.122 e. The van der Waals surface area contributed by atoms with Gasteiger partial charge in [0.25, 0.3) is 0 Å². The Morgan fingerprint density at radius 3 is 2.76 bits per heavy atom. The number of rotatable bonds is 6. The van der Waals surface area contributed by atoms with E-state index in [1.54, 1.807) is 7.11 Å². The summed E-state index contributed by atoms with van der Waals surface area (Å²) in [5, 5.41) is 0. The minimum Gasteiger partial charge on any atom is -0.497 e. The monoisotopic (exact) mass is 235 g/mol. The molecule has 0 saturated heterocycles. The van der Waals surface area contributed by atoms with Gasteiger partial charge in [-0.15, -0.1) is 0 Å². The maximum absolute atomic E-state index is 5.86. The first-order valence-corrected chi connectivity index (χ1v) is 6.24. The Bertz CT molecular complexity index is 372. The quantitative estimate of drug-likeness (QED) is 0.823. The summed E-state index contributed by atoms with van der Waals surface area (Å²) in [6.07, 6.45) is 3.43. The van der Waals surface area contributed by atoms with E-state index in [0.717, 1.165) is 36.0 Å². The fourth-order valence-corrected chi connectivity index (χ4v) is 1.82. The highest BCUT2D eigenvalue weighted by atomic mass is 16.5. The van der Waals surface area contributed by atoms with Crippen LogP contribution < -0.4 is 15.2 Å². The van der Waals surface area contributed by atoms with Crippen molar-refractivity contribution in [2.45, 2.75) is 32.2 Å². The average Bonchev–Trinajstić information content (AvgIpc) is 3.10. The van der Waals surface area contributed by atoms with Crippen molar-refractivity contribution in [3.63, 3.8) is 0 Å². The minimum absolute atomic E-state index is 0.130. The summed E-state index contributed by atoms with van der Waals surface area (Å²) < 4.78 is 11.1. The standard InChI is InChI=1S/C14H21NO2/c1-10(15)7-12-8-13(16-2)5-6-14(12)17-9-11-3-4-11/h5-6,8,10-11H,3-4,7,9,15H2,1-2H3. The van der Waals surface area contributed by atoms with Crippen LogP contribution in [0.3, 0.4) is 0 Å². The fraction of sp³-hybridized carbons (Fsp3) is 0.571. The van der Waals surface area contributed by atoms with Gasteiger partial charge in [-0.3, -0.25) is 0 Å². The first-order chi connectivity index (χ1) is 8.19. The molecule has 1 aromatic carbocycles. The smallest absolute Gasteiger partial charge is 0.122 e. The zero-order chi connectivity index (χ0) is 12.3. The van der Waals surface area contributed by atoms with E-state index in [1.807, 2.05) is 25.1 Å². The number of hydrogen-bond donors (Lipinski definition) is 1. The van der Waals surface area contributed by atoms with Crippen LogP contribution in [-0.2, 0) is 6.42 Å². The van der Waals surface area contributed by atoms with Gasteiger partial charge in [-0.2, -0.15) is 0 Å². The zero-order valence-corrected chi connectivity index (χ0v) is 10.6. The van der Waals surface area contributed by atoms with E-state index in [4.69, 9.17) is 15.2 Å². The Morgan fingerprint density at radius 1 is 1.41 bits per heavy atom. The summed E-state index contributed by atoms with van der Waals surface area (Å²) in [4.78, 5) is 0. The number of nitrogens with two attached hydrogens (primary N) is 1. The molecule has 1 saturated carbocycles. The van der Waals surface area contributed by atoms with Crippen LogP contribution in [0.5, 0.6) is 11.5 Å². The molecule has 94 valence electrons. The summed E-state index contributed by atoms with van der Waals surface area (Å²) in [7, 11) is 1.68. The van der Waals surface area contributed by atoms with Crippen LogP contribution in [0.1, 0.15) is 25.3 Å². The van der Waals surface area contributed by atoms with Crippen LogP contribution in [0.25, 0.3) is 0 Å².